The first kappa shape index (κ1) is 22.4. The van der Waals surface area contributed by atoms with Gasteiger partial charge in [-0.05, 0) is 33.4 Å². The van der Waals surface area contributed by atoms with Gasteiger partial charge in [0.2, 0.25) is 0 Å². The van der Waals surface area contributed by atoms with Crippen molar-refractivity contribution in [1.29, 1.82) is 21.0 Å². The van der Waals surface area contributed by atoms with E-state index in [1.807, 2.05) is 48.5 Å². The van der Waals surface area contributed by atoms with Crippen molar-refractivity contribution >= 4 is 33.3 Å². The highest BCUT2D eigenvalue weighted by Gasteiger charge is 2.09. The minimum Gasteiger partial charge on any atom is -0.192 e. The molecule has 0 radical (unpaired) electrons. The van der Waals surface area contributed by atoms with Crippen molar-refractivity contribution in [1.82, 2.24) is 0 Å². The van der Waals surface area contributed by atoms with Gasteiger partial charge in [0.05, 0.1) is 10.1 Å². The van der Waals surface area contributed by atoms with Crippen LogP contribution >= 0.6 is 23.2 Å². The van der Waals surface area contributed by atoms with E-state index in [2.05, 4.69) is 0 Å². The van der Waals surface area contributed by atoms with Crippen LogP contribution in [0.2, 0.25) is 0 Å². The molecule has 0 saturated heterocycles. The van der Waals surface area contributed by atoms with E-state index >= 15 is 0 Å². The third-order valence-electron chi connectivity index (χ3n) is 4.71. The Morgan fingerprint density at radius 3 is 0.875 bits per heavy atom. The zero-order valence-corrected chi connectivity index (χ0v) is 18.0. The summed E-state index contributed by atoms with van der Waals surface area (Å²) in [4.78, 5) is 0. The van der Waals surface area contributed by atoms with Crippen LogP contribution in [0.3, 0.4) is 0 Å². The Labute approximate surface area is 195 Å². The van der Waals surface area contributed by atoms with Gasteiger partial charge in [0, 0.05) is 0 Å². The molecule has 0 aliphatic carbocycles. The molecule has 0 aliphatic rings. The van der Waals surface area contributed by atoms with Crippen molar-refractivity contribution in [3.63, 3.8) is 0 Å². The Morgan fingerprint density at radius 2 is 0.656 bits per heavy atom. The molecule has 0 N–H and O–H groups in total. The van der Waals surface area contributed by atoms with E-state index in [-0.39, 0.29) is 21.2 Å². The summed E-state index contributed by atoms with van der Waals surface area (Å²) < 4.78 is 0. The Hall–Kier alpha value is -4.32. The van der Waals surface area contributed by atoms with Crippen LogP contribution in [0, 0.1) is 45.3 Å². The summed E-state index contributed by atoms with van der Waals surface area (Å²) >= 11 is 12.2. The molecule has 0 spiro atoms. The lowest BCUT2D eigenvalue weighted by Crippen LogP contribution is -1.85. The molecule has 0 saturated carbocycles. The molecule has 6 heteroatoms. The van der Waals surface area contributed by atoms with Crippen molar-refractivity contribution in [2.75, 3.05) is 0 Å². The average molecular weight is 451 g/mol. The highest BCUT2D eigenvalue weighted by Crippen LogP contribution is 2.30. The number of hydrogen-bond acceptors (Lipinski definition) is 4. The lowest BCUT2D eigenvalue weighted by molar-refractivity contribution is 1.46. The van der Waals surface area contributed by atoms with E-state index in [1.54, 1.807) is 48.5 Å². The minimum atomic E-state index is -0.122. The zero-order chi connectivity index (χ0) is 23.1. The molecule has 0 amide bonds. The Balaban J connectivity index is 1.83. The monoisotopic (exact) mass is 450 g/mol. The van der Waals surface area contributed by atoms with Crippen molar-refractivity contribution in [3.05, 3.63) is 95.1 Å². The second kappa shape index (κ2) is 10.1. The van der Waals surface area contributed by atoms with E-state index in [9.17, 15) is 0 Å². The second-order valence-corrected chi connectivity index (χ2v) is 7.31. The number of hydrogen-bond donors (Lipinski definition) is 0. The molecule has 3 rings (SSSR count). The summed E-state index contributed by atoms with van der Waals surface area (Å²) in [7, 11) is 0. The fraction of sp³-hybridized carbons (Fsp3) is 0. The number of rotatable bonds is 4. The van der Waals surface area contributed by atoms with E-state index < -0.39 is 0 Å². The third kappa shape index (κ3) is 4.70. The van der Waals surface area contributed by atoms with Gasteiger partial charge < -0.3 is 0 Å². The molecule has 32 heavy (non-hydrogen) atoms. The molecule has 0 heterocycles. The number of nitriles is 4. The minimum absolute atomic E-state index is 0.122. The summed E-state index contributed by atoms with van der Waals surface area (Å²) in [6.07, 6.45) is 0. The first-order valence-corrected chi connectivity index (χ1v) is 9.99. The van der Waals surface area contributed by atoms with Gasteiger partial charge in [-0.1, -0.05) is 96.0 Å². The van der Waals surface area contributed by atoms with Crippen LogP contribution in [0.15, 0.2) is 83.9 Å². The fourth-order valence-electron chi connectivity index (χ4n) is 3.01. The predicted octanol–water partition coefficient (Wildman–Crippen LogP) is 7.01. The standard InChI is InChI=1S/C26H12Cl2N4/c27-25(23(13-29)14-30)21-9-5-19(6-10-21)17-1-2-18(4-3-17)20-7-11-22(12-8-20)26(28)24(15-31)16-32/h1-12H. The van der Waals surface area contributed by atoms with Crippen molar-refractivity contribution in [2.24, 2.45) is 0 Å². The Bertz CT molecular complexity index is 1240. The first-order chi connectivity index (χ1) is 15.5. The summed E-state index contributed by atoms with van der Waals surface area (Å²) in [5, 5.41) is 36.1. The highest BCUT2D eigenvalue weighted by molar-refractivity contribution is 6.50. The van der Waals surface area contributed by atoms with Gasteiger partial charge in [-0.15, -0.1) is 0 Å². The molecular weight excluding hydrogens is 439 g/mol. The van der Waals surface area contributed by atoms with Crippen LogP contribution in [-0.2, 0) is 0 Å². The summed E-state index contributed by atoms with van der Waals surface area (Å²) in [5.74, 6) is 0. The van der Waals surface area contributed by atoms with Gasteiger partial charge in [-0.25, -0.2) is 0 Å². The Morgan fingerprint density at radius 1 is 0.438 bits per heavy atom. The molecule has 0 fully saturated rings. The van der Waals surface area contributed by atoms with Crippen LogP contribution < -0.4 is 0 Å². The summed E-state index contributed by atoms with van der Waals surface area (Å²) in [6, 6.07) is 29.7. The number of halogens is 2. The quantitative estimate of drug-likeness (QED) is 0.399. The number of benzene rings is 3. The highest BCUT2D eigenvalue weighted by atomic mass is 35.5. The van der Waals surface area contributed by atoms with Gasteiger partial charge in [0.15, 0.2) is 0 Å². The van der Waals surface area contributed by atoms with E-state index in [4.69, 9.17) is 44.2 Å². The molecular formula is C26H12Cl2N4. The van der Waals surface area contributed by atoms with E-state index in [0.29, 0.717) is 11.1 Å². The molecule has 0 atom stereocenters. The molecule has 4 nitrogen and oxygen atoms in total. The van der Waals surface area contributed by atoms with Crippen LogP contribution in [0.5, 0.6) is 0 Å². The van der Waals surface area contributed by atoms with Gasteiger partial charge in [-0.3, -0.25) is 0 Å². The topological polar surface area (TPSA) is 95.2 Å². The van der Waals surface area contributed by atoms with Gasteiger partial charge >= 0.3 is 0 Å². The van der Waals surface area contributed by atoms with Crippen molar-refractivity contribution < 1.29 is 0 Å². The zero-order valence-electron chi connectivity index (χ0n) is 16.5. The predicted molar refractivity (Wildman–Crippen MR) is 125 cm³/mol. The van der Waals surface area contributed by atoms with Gasteiger partial charge in [0.1, 0.15) is 35.4 Å². The average Bonchev–Trinajstić information content (AvgIpc) is 2.85. The fourth-order valence-corrected chi connectivity index (χ4v) is 3.43. The SMILES string of the molecule is N#CC(C#N)=C(Cl)c1ccc(-c2ccc(-c3ccc(C(Cl)=C(C#N)C#N)cc3)cc2)cc1. The maximum atomic E-state index is 8.95. The lowest BCUT2D eigenvalue weighted by Gasteiger charge is -2.07. The van der Waals surface area contributed by atoms with Crippen LogP contribution in [0.4, 0.5) is 0 Å². The summed E-state index contributed by atoms with van der Waals surface area (Å²) in [6.45, 7) is 0. The van der Waals surface area contributed by atoms with Gasteiger partial charge in [0.25, 0.3) is 0 Å². The van der Waals surface area contributed by atoms with E-state index in [0.717, 1.165) is 22.3 Å². The third-order valence-corrected chi connectivity index (χ3v) is 5.53. The largest absolute Gasteiger partial charge is 0.192 e. The molecule has 0 aromatic heterocycles. The van der Waals surface area contributed by atoms with Crippen LogP contribution in [0.25, 0.3) is 32.3 Å². The van der Waals surface area contributed by atoms with Crippen LogP contribution in [0.1, 0.15) is 11.1 Å². The maximum Gasteiger partial charge on any atom is 0.148 e. The molecule has 0 unspecified atom stereocenters. The van der Waals surface area contributed by atoms with Crippen LogP contribution in [-0.4, -0.2) is 0 Å². The smallest absolute Gasteiger partial charge is 0.148 e. The first-order valence-electron chi connectivity index (χ1n) is 9.24. The molecule has 3 aromatic carbocycles. The molecule has 150 valence electrons. The van der Waals surface area contributed by atoms with Crippen molar-refractivity contribution in [3.8, 4) is 46.5 Å². The second-order valence-electron chi connectivity index (χ2n) is 6.56. The summed E-state index contributed by atoms with van der Waals surface area (Å²) in [5.41, 5.74) is 4.89. The number of allylic oxidation sites excluding steroid dienone is 2. The van der Waals surface area contributed by atoms with E-state index in [1.165, 1.54) is 0 Å². The lowest BCUT2D eigenvalue weighted by atomic mass is 9.98. The van der Waals surface area contributed by atoms with Gasteiger partial charge in [-0.2, -0.15) is 21.0 Å². The molecule has 3 aromatic rings. The molecule has 0 aliphatic heterocycles. The Kier molecular flexibility index (Phi) is 7.08. The normalized spacial score (nSPS) is 9.44. The maximum absolute atomic E-state index is 8.95. The van der Waals surface area contributed by atoms with Crippen molar-refractivity contribution in [2.45, 2.75) is 0 Å². The molecule has 0 bridgehead atoms. The number of nitrogens with zero attached hydrogens (tertiary/aromatic N) is 4.